The number of rotatable bonds is 3. The average Bonchev–Trinajstić information content (AvgIpc) is 2.97. The van der Waals surface area contributed by atoms with Crippen LogP contribution in [0.2, 0.25) is 0 Å². The highest BCUT2D eigenvalue weighted by Crippen LogP contribution is 2.44. The Balaban J connectivity index is 2.06. The summed E-state index contributed by atoms with van der Waals surface area (Å²) < 4.78 is 45.0. The molecule has 2 aliphatic rings. The van der Waals surface area contributed by atoms with Crippen molar-refractivity contribution in [3.05, 3.63) is 0 Å². The first-order valence-electron chi connectivity index (χ1n) is 6.51. The van der Waals surface area contributed by atoms with Crippen molar-refractivity contribution in [1.29, 1.82) is 0 Å². The van der Waals surface area contributed by atoms with Gasteiger partial charge in [-0.25, -0.2) is 0 Å². The summed E-state index contributed by atoms with van der Waals surface area (Å²) in [5.74, 6) is -0.847. The van der Waals surface area contributed by atoms with E-state index in [9.17, 15) is 18.0 Å². The molecule has 110 valence electrons. The Morgan fingerprint density at radius 1 is 1.53 bits per heavy atom. The molecule has 2 rings (SSSR count). The van der Waals surface area contributed by atoms with E-state index in [1.165, 1.54) is 11.9 Å². The predicted octanol–water partition coefficient (Wildman–Crippen LogP) is 1.17. The van der Waals surface area contributed by atoms with Crippen LogP contribution in [0.25, 0.3) is 0 Å². The van der Waals surface area contributed by atoms with Crippen molar-refractivity contribution in [3.8, 4) is 0 Å². The van der Waals surface area contributed by atoms with Crippen LogP contribution in [-0.2, 0) is 9.53 Å². The van der Waals surface area contributed by atoms with Gasteiger partial charge in [-0.2, -0.15) is 13.2 Å². The Bertz CT molecular complexity index is 334. The molecule has 7 heteroatoms. The summed E-state index contributed by atoms with van der Waals surface area (Å²) >= 11 is 0. The maximum atomic E-state index is 13.2. The van der Waals surface area contributed by atoms with Crippen molar-refractivity contribution >= 4 is 5.91 Å². The molecule has 2 atom stereocenters. The van der Waals surface area contributed by atoms with E-state index in [0.29, 0.717) is 6.61 Å². The van der Waals surface area contributed by atoms with Gasteiger partial charge in [-0.05, 0) is 25.8 Å². The molecule has 0 aromatic heterocycles. The van der Waals surface area contributed by atoms with Gasteiger partial charge in [-0.1, -0.05) is 0 Å². The average molecular weight is 280 g/mol. The van der Waals surface area contributed by atoms with Crippen LogP contribution >= 0.6 is 0 Å². The van der Waals surface area contributed by atoms with Crippen LogP contribution < -0.4 is 5.32 Å². The second kappa shape index (κ2) is 5.28. The lowest BCUT2D eigenvalue weighted by Crippen LogP contribution is -2.53. The number of alkyl halides is 3. The van der Waals surface area contributed by atoms with Crippen LogP contribution in [0.5, 0.6) is 0 Å². The van der Waals surface area contributed by atoms with Crippen LogP contribution in [0, 0.1) is 5.41 Å². The van der Waals surface area contributed by atoms with Gasteiger partial charge in [0, 0.05) is 26.7 Å². The van der Waals surface area contributed by atoms with Gasteiger partial charge in [0.15, 0.2) is 5.41 Å². The maximum Gasteiger partial charge on any atom is 0.404 e. The van der Waals surface area contributed by atoms with Gasteiger partial charge >= 0.3 is 6.18 Å². The molecule has 0 aromatic carbocycles. The molecule has 4 nitrogen and oxygen atoms in total. The number of nitrogens with one attached hydrogen (secondary N) is 1. The third-order valence-corrected chi connectivity index (χ3v) is 3.96. The fourth-order valence-corrected chi connectivity index (χ4v) is 2.78. The zero-order chi connectivity index (χ0) is 14.1. The van der Waals surface area contributed by atoms with Gasteiger partial charge in [0.1, 0.15) is 0 Å². The molecule has 0 aliphatic carbocycles. The van der Waals surface area contributed by atoms with E-state index in [2.05, 4.69) is 5.32 Å². The standard InChI is InChI=1S/C12H19F3N2O2/c1-17(7-9-3-2-6-19-9)10(18)11(12(13,14)15)4-5-16-8-11/h9,16H,2-8H2,1H3. The summed E-state index contributed by atoms with van der Waals surface area (Å²) in [6.45, 7) is 0.750. The van der Waals surface area contributed by atoms with E-state index >= 15 is 0 Å². The van der Waals surface area contributed by atoms with Crippen LogP contribution in [-0.4, -0.2) is 56.4 Å². The Morgan fingerprint density at radius 2 is 2.26 bits per heavy atom. The second-order valence-corrected chi connectivity index (χ2v) is 5.33. The minimum absolute atomic E-state index is 0.131. The van der Waals surface area contributed by atoms with Crippen LogP contribution in [0.3, 0.4) is 0 Å². The molecule has 2 unspecified atom stereocenters. The highest BCUT2D eigenvalue weighted by atomic mass is 19.4. The van der Waals surface area contributed by atoms with E-state index in [4.69, 9.17) is 4.74 Å². The lowest BCUT2D eigenvalue weighted by atomic mass is 9.84. The van der Waals surface area contributed by atoms with Crippen molar-refractivity contribution in [1.82, 2.24) is 10.2 Å². The molecule has 2 fully saturated rings. The number of ether oxygens (including phenoxy) is 1. The highest BCUT2D eigenvalue weighted by Gasteiger charge is 2.62. The molecule has 19 heavy (non-hydrogen) atoms. The summed E-state index contributed by atoms with van der Waals surface area (Å²) in [7, 11) is 1.43. The Hall–Kier alpha value is -0.820. The minimum Gasteiger partial charge on any atom is -0.376 e. The first kappa shape index (κ1) is 14.6. The van der Waals surface area contributed by atoms with E-state index < -0.39 is 17.5 Å². The number of hydrogen-bond acceptors (Lipinski definition) is 3. The second-order valence-electron chi connectivity index (χ2n) is 5.33. The third kappa shape index (κ3) is 2.72. The number of nitrogens with zero attached hydrogens (tertiary/aromatic N) is 1. The third-order valence-electron chi connectivity index (χ3n) is 3.96. The topological polar surface area (TPSA) is 41.6 Å². The van der Waals surface area contributed by atoms with Gasteiger partial charge in [-0.15, -0.1) is 0 Å². The van der Waals surface area contributed by atoms with Crippen molar-refractivity contribution in [2.75, 3.05) is 33.3 Å². The first-order chi connectivity index (χ1) is 8.87. The number of halogens is 3. The van der Waals surface area contributed by atoms with Gasteiger partial charge in [0.2, 0.25) is 5.91 Å². The van der Waals surface area contributed by atoms with Gasteiger partial charge in [-0.3, -0.25) is 4.79 Å². The van der Waals surface area contributed by atoms with Crippen molar-refractivity contribution in [2.45, 2.75) is 31.5 Å². The number of amides is 1. The molecule has 0 aromatic rings. The first-order valence-corrected chi connectivity index (χ1v) is 6.51. The maximum absolute atomic E-state index is 13.2. The fourth-order valence-electron chi connectivity index (χ4n) is 2.78. The van der Waals surface area contributed by atoms with Crippen molar-refractivity contribution < 1.29 is 22.7 Å². The Morgan fingerprint density at radius 3 is 2.74 bits per heavy atom. The predicted molar refractivity (Wildman–Crippen MR) is 62.6 cm³/mol. The lowest BCUT2D eigenvalue weighted by Gasteiger charge is -2.34. The van der Waals surface area contributed by atoms with Crippen LogP contribution in [0.4, 0.5) is 13.2 Å². The number of hydrogen-bond donors (Lipinski definition) is 1. The molecular formula is C12H19F3N2O2. The lowest BCUT2D eigenvalue weighted by molar-refractivity contribution is -0.221. The van der Waals surface area contributed by atoms with Gasteiger partial charge in [0.25, 0.3) is 0 Å². The van der Waals surface area contributed by atoms with Crippen molar-refractivity contribution in [3.63, 3.8) is 0 Å². The molecule has 0 saturated carbocycles. The molecule has 1 amide bonds. The largest absolute Gasteiger partial charge is 0.404 e. The molecule has 2 aliphatic heterocycles. The number of likely N-dealkylation sites (N-methyl/N-ethyl adjacent to an activating group) is 1. The smallest absolute Gasteiger partial charge is 0.376 e. The van der Waals surface area contributed by atoms with Crippen molar-refractivity contribution in [2.24, 2.45) is 5.41 Å². The summed E-state index contributed by atoms with van der Waals surface area (Å²) in [5.41, 5.74) is -2.26. The van der Waals surface area contributed by atoms with E-state index in [1.807, 2.05) is 0 Å². The quantitative estimate of drug-likeness (QED) is 0.843. The Kier molecular flexibility index (Phi) is 4.06. The molecule has 0 radical (unpaired) electrons. The molecular weight excluding hydrogens is 261 g/mol. The zero-order valence-electron chi connectivity index (χ0n) is 10.9. The van der Waals surface area contributed by atoms with Crippen LogP contribution in [0.15, 0.2) is 0 Å². The summed E-state index contributed by atoms with van der Waals surface area (Å²) in [6, 6.07) is 0. The van der Waals surface area contributed by atoms with Crippen LogP contribution in [0.1, 0.15) is 19.3 Å². The normalized spacial score (nSPS) is 31.7. The highest BCUT2D eigenvalue weighted by molar-refractivity contribution is 5.84. The SMILES string of the molecule is CN(CC1CCCO1)C(=O)C1(C(F)(F)F)CCNC1. The number of carbonyl (C=O) groups excluding carboxylic acids is 1. The van der Waals surface area contributed by atoms with E-state index in [-0.39, 0.29) is 32.2 Å². The molecule has 0 bridgehead atoms. The molecule has 2 saturated heterocycles. The summed E-state index contributed by atoms with van der Waals surface area (Å²) in [5, 5.41) is 2.65. The Labute approximate surface area is 110 Å². The fraction of sp³-hybridized carbons (Fsp3) is 0.917. The van der Waals surface area contributed by atoms with Gasteiger partial charge in [0.05, 0.1) is 6.10 Å². The van der Waals surface area contributed by atoms with E-state index in [0.717, 1.165) is 12.8 Å². The zero-order valence-corrected chi connectivity index (χ0v) is 10.9. The summed E-state index contributed by atoms with van der Waals surface area (Å²) in [4.78, 5) is 13.4. The summed E-state index contributed by atoms with van der Waals surface area (Å²) in [6.07, 6.45) is -3.13. The van der Waals surface area contributed by atoms with E-state index in [1.54, 1.807) is 0 Å². The molecule has 0 spiro atoms. The monoisotopic (exact) mass is 280 g/mol. The van der Waals surface area contributed by atoms with Gasteiger partial charge < -0.3 is 15.0 Å². The molecule has 2 heterocycles. The molecule has 1 N–H and O–H groups in total. The minimum atomic E-state index is -4.52. The number of carbonyl (C=O) groups is 1.